The van der Waals surface area contributed by atoms with Crippen LogP contribution in [0.2, 0.25) is 0 Å². The lowest BCUT2D eigenvalue weighted by Crippen LogP contribution is -2.31. The van der Waals surface area contributed by atoms with Gasteiger partial charge in [0.05, 0.1) is 6.61 Å². The molecule has 0 saturated heterocycles. The highest BCUT2D eigenvalue weighted by Gasteiger charge is 2.10. The minimum Gasteiger partial charge on any atom is -0.465 e. The van der Waals surface area contributed by atoms with E-state index >= 15 is 0 Å². The maximum absolute atomic E-state index is 11.8. The molecule has 0 aliphatic rings. The molecule has 4 nitrogen and oxygen atoms in total. The van der Waals surface area contributed by atoms with E-state index in [-0.39, 0.29) is 12.5 Å². The molecule has 0 saturated carbocycles. The van der Waals surface area contributed by atoms with E-state index < -0.39 is 5.97 Å². The topological polar surface area (TPSA) is 46.6 Å². The lowest BCUT2D eigenvalue weighted by Gasteiger charge is -2.13. The smallest absolute Gasteiger partial charge is 0.325 e. The van der Waals surface area contributed by atoms with Gasteiger partial charge in [0.2, 0.25) is 5.91 Å². The third-order valence-electron chi connectivity index (χ3n) is 2.31. The summed E-state index contributed by atoms with van der Waals surface area (Å²) in [5.41, 5.74) is 0.909. The number of rotatable bonds is 5. The van der Waals surface area contributed by atoms with Crippen molar-refractivity contribution in [3.8, 4) is 0 Å². The Morgan fingerprint density at radius 2 is 2.16 bits per heavy atom. The predicted octanol–water partition coefficient (Wildman–Crippen LogP) is 2.48. The molecule has 0 atom stereocenters. The molecular weight excluding hydrogens is 310 g/mol. The van der Waals surface area contributed by atoms with Crippen LogP contribution in [0.15, 0.2) is 34.8 Å². The summed E-state index contributed by atoms with van der Waals surface area (Å²) >= 11 is 3.36. The Bertz CT molecular complexity index is 485. The third-order valence-corrected chi connectivity index (χ3v) is 2.81. The molecule has 0 bridgehead atoms. The number of benzene rings is 1. The van der Waals surface area contributed by atoms with Crippen LogP contribution in [0.1, 0.15) is 12.5 Å². The zero-order chi connectivity index (χ0) is 14.3. The molecule has 1 aromatic carbocycles. The van der Waals surface area contributed by atoms with Gasteiger partial charge in [0.1, 0.15) is 6.54 Å². The number of nitrogens with zero attached hydrogens (tertiary/aromatic N) is 1. The Kier molecular flexibility index (Phi) is 6.29. The molecule has 0 radical (unpaired) electrons. The first kappa shape index (κ1) is 15.4. The highest BCUT2D eigenvalue weighted by Crippen LogP contribution is 2.12. The Morgan fingerprint density at radius 3 is 2.79 bits per heavy atom. The minimum atomic E-state index is -0.408. The van der Waals surface area contributed by atoms with E-state index in [0.29, 0.717) is 6.61 Å². The van der Waals surface area contributed by atoms with E-state index in [2.05, 4.69) is 15.9 Å². The molecular formula is C14H16BrNO3. The second kappa shape index (κ2) is 7.74. The zero-order valence-corrected chi connectivity index (χ0v) is 12.5. The SMILES string of the molecule is CCOC(=O)CN(C)C(=O)/C=C/c1cccc(Br)c1. The molecule has 0 fully saturated rings. The molecule has 0 heterocycles. The number of carbonyl (C=O) groups excluding carboxylic acids is 2. The first-order chi connectivity index (χ1) is 9.02. The minimum absolute atomic E-state index is 0.0461. The second-order valence-electron chi connectivity index (χ2n) is 3.89. The highest BCUT2D eigenvalue weighted by atomic mass is 79.9. The first-order valence-corrected chi connectivity index (χ1v) is 6.66. The van der Waals surface area contributed by atoms with Gasteiger partial charge in [0.25, 0.3) is 0 Å². The Labute approximate surface area is 121 Å². The van der Waals surface area contributed by atoms with Crippen molar-refractivity contribution >= 4 is 33.9 Å². The lowest BCUT2D eigenvalue weighted by atomic mass is 10.2. The molecule has 0 N–H and O–H groups in total. The van der Waals surface area contributed by atoms with Crippen molar-refractivity contribution in [3.63, 3.8) is 0 Å². The van der Waals surface area contributed by atoms with Gasteiger partial charge in [-0.2, -0.15) is 0 Å². The van der Waals surface area contributed by atoms with Crippen LogP contribution in [-0.2, 0) is 14.3 Å². The van der Waals surface area contributed by atoms with E-state index in [1.165, 1.54) is 11.0 Å². The van der Waals surface area contributed by atoms with Gasteiger partial charge in [-0.05, 0) is 30.7 Å². The Morgan fingerprint density at radius 1 is 1.42 bits per heavy atom. The fourth-order valence-corrected chi connectivity index (χ4v) is 1.80. The number of halogens is 1. The van der Waals surface area contributed by atoms with Crippen molar-refractivity contribution in [1.82, 2.24) is 4.90 Å². The van der Waals surface area contributed by atoms with Crippen molar-refractivity contribution in [1.29, 1.82) is 0 Å². The van der Waals surface area contributed by atoms with E-state index in [1.807, 2.05) is 24.3 Å². The standard InChI is InChI=1S/C14H16BrNO3/c1-3-19-14(18)10-16(2)13(17)8-7-11-5-4-6-12(15)9-11/h4-9H,3,10H2,1-2H3/b8-7+. The molecule has 19 heavy (non-hydrogen) atoms. The highest BCUT2D eigenvalue weighted by molar-refractivity contribution is 9.10. The summed E-state index contributed by atoms with van der Waals surface area (Å²) in [6.45, 7) is 2.00. The van der Waals surface area contributed by atoms with Crippen LogP contribution in [0.4, 0.5) is 0 Å². The normalized spacial score (nSPS) is 10.5. The Balaban J connectivity index is 2.56. The molecule has 0 aliphatic heterocycles. The molecule has 0 aromatic heterocycles. The lowest BCUT2D eigenvalue weighted by molar-refractivity contribution is -0.146. The number of amides is 1. The summed E-state index contributed by atoms with van der Waals surface area (Å²) in [6.07, 6.45) is 3.13. The van der Waals surface area contributed by atoms with Crippen LogP contribution < -0.4 is 0 Å². The number of likely N-dealkylation sites (N-methyl/N-ethyl adjacent to an activating group) is 1. The second-order valence-corrected chi connectivity index (χ2v) is 4.80. The van der Waals surface area contributed by atoms with Crippen LogP contribution in [0.3, 0.4) is 0 Å². The number of carbonyl (C=O) groups is 2. The van der Waals surface area contributed by atoms with E-state index in [4.69, 9.17) is 4.74 Å². The van der Waals surface area contributed by atoms with E-state index in [0.717, 1.165) is 10.0 Å². The number of ether oxygens (including phenoxy) is 1. The van der Waals surface area contributed by atoms with E-state index in [1.54, 1.807) is 20.0 Å². The quantitative estimate of drug-likeness (QED) is 0.617. The van der Waals surface area contributed by atoms with Crippen LogP contribution in [-0.4, -0.2) is 37.0 Å². The molecule has 0 aliphatic carbocycles. The molecule has 1 rings (SSSR count). The van der Waals surface area contributed by atoms with Crippen molar-refractivity contribution in [2.45, 2.75) is 6.92 Å². The van der Waals surface area contributed by atoms with E-state index in [9.17, 15) is 9.59 Å². The zero-order valence-electron chi connectivity index (χ0n) is 10.9. The van der Waals surface area contributed by atoms with Gasteiger partial charge >= 0.3 is 5.97 Å². The van der Waals surface area contributed by atoms with Gasteiger partial charge in [-0.25, -0.2) is 0 Å². The average molecular weight is 326 g/mol. The first-order valence-electron chi connectivity index (χ1n) is 5.87. The maximum Gasteiger partial charge on any atom is 0.325 e. The summed E-state index contributed by atoms with van der Waals surface area (Å²) in [4.78, 5) is 24.3. The fraction of sp³-hybridized carbons (Fsp3) is 0.286. The maximum atomic E-state index is 11.8. The van der Waals surface area contributed by atoms with Gasteiger partial charge in [0.15, 0.2) is 0 Å². The van der Waals surface area contributed by atoms with Crippen LogP contribution in [0.25, 0.3) is 6.08 Å². The molecule has 1 amide bonds. The number of hydrogen-bond donors (Lipinski definition) is 0. The molecule has 0 unspecified atom stereocenters. The predicted molar refractivity (Wildman–Crippen MR) is 77.4 cm³/mol. The van der Waals surface area contributed by atoms with Crippen molar-refractivity contribution in [3.05, 3.63) is 40.4 Å². The molecule has 0 spiro atoms. The summed E-state index contributed by atoms with van der Waals surface area (Å²) < 4.78 is 5.72. The van der Waals surface area contributed by atoms with Crippen molar-refractivity contribution in [2.75, 3.05) is 20.2 Å². The summed E-state index contributed by atoms with van der Waals surface area (Å²) in [6, 6.07) is 7.58. The van der Waals surface area contributed by atoms with Gasteiger partial charge in [-0.1, -0.05) is 28.1 Å². The molecule has 5 heteroatoms. The number of esters is 1. The van der Waals surface area contributed by atoms with Gasteiger partial charge in [-0.3, -0.25) is 9.59 Å². The summed E-state index contributed by atoms with van der Waals surface area (Å²) in [5, 5.41) is 0. The fourth-order valence-electron chi connectivity index (χ4n) is 1.38. The number of hydrogen-bond acceptors (Lipinski definition) is 3. The van der Waals surface area contributed by atoms with Crippen molar-refractivity contribution < 1.29 is 14.3 Å². The average Bonchev–Trinajstić information content (AvgIpc) is 2.36. The van der Waals surface area contributed by atoms with Crippen LogP contribution in [0.5, 0.6) is 0 Å². The molecule has 1 aromatic rings. The summed E-state index contributed by atoms with van der Waals surface area (Å²) in [5.74, 6) is -0.651. The van der Waals surface area contributed by atoms with Gasteiger partial charge in [0, 0.05) is 17.6 Å². The van der Waals surface area contributed by atoms with Crippen LogP contribution in [0, 0.1) is 0 Å². The van der Waals surface area contributed by atoms with Crippen LogP contribution >= 0.6 is 15.9 Å². The molecule has 102 valence electrons. The van der Waals surface area contributed by atoms with Crippen molar-refractivity contribution in [2.24, 2.45) is 0 Å². The third kappa shape index (κ3) is 5.70. The summed E-state index contributed by atoms with van der Waals surface area (Å²) in [7, 11) is 1.56. The monoisotopic (exact) mass is 325 g/mol. The largest absolute Gasteiger partial charge is 0.465 e. The Hall–Kier alpha value is -1.62. The van der Waals surface area contributed by atoms with Gasteiger partial charge in [-0.15, -0.1) is 0 Å². The van der Waals surface area contributed by atoms with Gasteiger partial charge < -0.3 is 9.64 Å².